The number of methoxy groups -OCH3 is 1. The van der Waals surface area contributed by atoms with Gasteiger partial charge in [-0.25, -0.2) is 4.39 Å². The molecule has 0 heterocycles. The van der Waals surface area contributed by atoms with Crippen molar-refractivity contribution in [2.45, 2.75) is 39.7 Å². The Bertz CT molecular complexity index is 476. The topological polar surface area (TPSA) is 52.3 Å². The summed E-state index contributed by atoms with van der Waals surface area (Å²) in [6.07, 6.45) is 0.0106. The van der Waals surface area contributed by atoms with Crippen LogP contribution in [0.25, 0.3) is 0 Å². The molecule has 4 heteroatoms. The number of nitrogens with two attached hydrogens (primary N) is 1. The van der Waals surface area contributed by atoms with Crippen LogP contribution in [0.2, 0.25) is 0 Å². The first-order valence-electron chi connectivity index (χ1n) is 6.25. The number of hydrogen-bond acceptors (Lipinski definition) is 3. The zero-order valence-electron chi connectivity index (χ0n) is 12.2. The van der Waals surface area contributed by atoms with E-state index < -0.39 is 16.8 Å². The quantitative estimate of drug-likeness (QED) is 0.892. The number of carbonyl (C=O) groups is 1. The molecule has 0 saturated carbocycles. The van der Waals surface area contributed by atoms with Gasteiger partial charge in [0.15, 0.2) is 11.6 Å². The number of carbonyl (C=O) groups excluding carboxylic acids is 1. The number of ketones is 1. The van der Waals surface area contributed by atoms with Gasteiger partial charge in [-0.15, -0.1) is 0 Å². The van der Waals surface area contributed by atoms with Crippen molar-refractivity contribution in [2.75, 3.05) is 7.11 Å². The maximum atomic E-state index is 14.0. The van der Waals surface area contributed by atoms with Crippen molar-refractivity contribution in [1.29, 1.82) is 0 Å². The van der Waals surface area contributed by atoms with Gasteiger partial charge in [0, 0.05) is 17.4 Å². The largest absolute Gasteiger partial charge is 0.494 e. The molecule has 0 atom stereocenters. The fourth-order valence-electron chi connectivity index (χ4n) is 1.60. The third kappa shape index (κ3) is 3.13. The van der Waals surface area contributed by atoms with Gasteiger partial charge in [0.2, 0.25) is 0 Å². The van der Waals surface area contributed by atoms with Gasteiger partial charge >= 0.3 is 0 Å². The first-order chi connectivity index (χ1) is 8.61. The van der Waals surface area contributed by atoms with Crippen LogP contribution in [0.4, 0.5) is 4.39 Å². The zero-order valence-corrected chi connectivity index (χ0v) is 12.2. The van der Waals surface area contributed by atoms with E-state index in [1.807, 2.05) is 0 Å². The molecule has 0 spiro atoms. The van der Waals surface area contributed by atoms with Crippen LogP contribution in [0.1, 0.15) is 33.3 Å². The number of rotatable bonds is 5. The molecule has 0 saturated heterocycles. The molecular formula is C15H22FNO2. The predicted molar refractivity (Wildman–Crippen MR) is 73.7 cm³/mol. The smallest absolute Gasteiger partial charge is 0.168 e. The molecule has 106 valence electrons. The van der Waals surface area contributed by atoms with E-state index in [0.29, 0.717) is 5.56 Å². The SMILES string of the molecule is COc1cccc(CC(=O)C(C)(C)C(C)(C)N)c1F. The van der Waals surface area contributed by atoms with Crippen molar-refractivity contribution < 1.29 is 13.9 Å². The van der Waals surface area contributed by atoms with E-state index in [1.54, 1.807) is 39.8 Å². The lowest BCUT2D eigenvalue weighted by Gasteiger charge is -2.37. The zero-order chi connectivity index (χ0) is 14.8. The second-order valence-corrected chi connectivity index (χ2v) is 5.88. The molecule has 0 unspecified atom stereocenters. The summed E-state index contributed by atoms with van der Waals surface area (Å²) in [6.45, 7) is 7.17. The van der Waals surface area contributed by atoms with E-state index in [0.717, 1.165) is 0 Å². The number of benzene rings is 1. The summed E-state index contributed by atoms with van der Waals surface area (Å²) in [5, 5.41) is 0. The lowest BCUT2D eigenvalue weighted by molar-refractivity contribution is -0.129. The van der Waals surface area contributed by atoms with Crippen LogP contribution in [0.3, 0.4) is 0 Å². The first kappa shape index (κ1) is 15.6. The molecule has 0 bridgehead atoms. The molecule has 1 aromatic rings. The van der Waals surface area contributed by atoms with Crippen LogP contribution in [0.5, 0.6) is 5.75 Å². The van der Waals surface area contributed by atoms with Crippen LogP contribution in [0.15, 0.2) is 18.2 Å². The fraction of sp³-hybridized carbons (Fsp3) is 0.533. The maximum Gasteiger partial charge on any atom is 0.168 e. The number of ether oxygens (including phenoxy) is 1. The lowest BCUT2D eigenvalue weighted by atomic mass is 9.70. The molecule has 19 heavy (non-hydrogen) atoms. The second-order valence-electron chi connectivity index (χ2n) is 5.88. The maximum absolute atomic E-state index is 14.0. The summed E-state index contributed by atoms with van der Waals surface area (Å²) in [7, 11) is 1.40. The highest BCUT2D eigenvalue weighted by Gasteiger charge is 2.40. The highest BCUT2D eigenvalue weighted by Crippen LogP contribution is 2.31. The molecule has 0 radical (unpaired) electrons. The molecule has 0 aliphatic carbocycles. The second kappa shape index (κ2) is 5.29. The Kier molecular flexibility index (Phi) is 4.35. The van der Waals surface area contributed by atoms with Crippen molar-refractivity contribution in [3.8, 4) is 5.75 Å². The summed E-state index contributed by atoms with van der Waals surface area (Å²) in [5.74, 6) is -0.425. The van der Waals surface area contributed by atoms with Crippen LogP contribution < -0.4 is 10.5 Å². The van der Waals surface area contributed by atoms with E-state index in [-0.39, 0.29) is 18.0 Å². The monoisotopic (exact) mass is 267 g/mol. The standard InChI is InChI=1S/C15H22FNO2/c1-14(2,15(3,4)17)12(18)9-10-7-6-8-11(19-5)13(10)16/h6-8H,9,17H2,1-5H3. The number of hydrogen-bond donors (Lipinski definition) is 1. The molecule has 0 aromatic heterocycles. The van der Waals surface area contributed by atoms with Crippen molar-refractivity contribution in [2.24, 2.45) is 11.1 Å². The third-order valence-electron chi connectivity index (χ3n) is 3.92. The fourth-order valence-corrected chi connectivity index (χ4v) is 1.60. The van der Waals surface area contributed by atoms with Gasteiger partial charge < -0.3 is 10.5 Å². The van der Waals surface area contributed by atoms with Crippen molar-refractivity contribution in [3.05, 3.63) is 29.6 Å². The van der Waals surface area contributed by atoms with E-state index in [1.165, 1.54) is 13.2 Å². The lowest BCUT2D eigenvalue weighted by Crippen LogP contribution is -2.52. The van der Waals surface area contributed by atoms with Crippen molar-refractivity contribution in [1.82, 2.24) is 0 Å². The van der Waals surface area contributed by atoms with E-state index in [9.17, 15) is 9.18 Å². The van der Waals surface area contributed by atoms with Crippen molar-refractivity contribution in [3.63, 3.8) is 0 Å². The summed E-state index contributed by atoms with van der Waals surface area (Å²) < 4.78 is 18.9. The van der Waals surface area contributed by atoms with Gasteiger partial charge in [-0.2, -0.15) is 0 Å². The van der Waals surface area contributed by atoms with Crippen LogP contribution >= 0.6 is 0 Å². The average Bonchev–Trinajstić information content (AvgIpc) is 2.30. The average molecular weight is 267 g/mol. The predicted octanol–water partition coefficient (Wildman–Crippen LogP) is 2.71. The Balaban J connectivity index is 3.01. The number of halogens is 1. The molecular weight excluding hydrogens is 245 g/mol. The van der Waals surface area contributed by atoms with Crippen LogP contribution in [0, 0.1) is 11.2 Å². The Labute approximate surface area is 113 Å². The van der Waals surface area contributed by atoms with Crippen LogP contribution in [-0.2, 0) is 11.2 Å². The molecule has 3 nitrogen and oxygen atoms in total. The Morgan fingerprint density at radius 3 is 2.37 bits per heavy atom. The van der Waals surface area contributed by atoms with Crippen molar-refractivity contribution >= 4 is 5.78 Å². The highest BCUT2D eigenvalue weighted by molar-refractivity contribution is 5.87. The molecule has 2 N–H and O–H groups in total. The Hall–Kier alpha value is -1.42. The van der Waals surface area contributed by atoms with E-state index in [2.05, 4.69) is 0 Å². The Morgan fingerprint density at radius 2 is 1.89 bits per heavy atom. The summed E-state index contributed by atoms with van der Waals surface area (Å²) in [5.41, 5.74) is 4.96. The minimum atomic E-state index is -0.734. The minimum Gasteiger partial charge on any atom is -0.494 e. The Morgan fingerprint density at radius 1 is 1.32 bits per heavy atom. The van der Waals surface area contributed by atoms with E-state index >= 15 is 0 Å². The van der Waals surface area contributed by atoms with Gasteiger partial charge in [0.25, 0.3) is 0 Å². The van der Waals surface area contributed by atoms with Gasteiger partial charge in [0.1, 0.15) is 5.78 Å². The van der Waals surface area contributed by atoms with E-state index in [4.69, 9.17) is 10.5 Å². The first-order valence-corrected chi connectivity index (χ1v) is 6.25. The van der Waals surface area contributed by atoms with Crippen LogP contribution in [-0.4, -0.2) is 18.4 Å². The third-order valence-corrected chi connectivity index (χ3v) is 3.92. The summed E-state index contributed by atoms with van der Waals surface area (Å²) >= 11 is 0. The van der Waals surface area contributed by atoms with Gasteiger partial charge in [-0.3, -0.25) is 4.79 Å². The molecule has 0 amide bonds. The van der Waals surface area contributed by atoms with Gasteiger partial charge in [-0.1, -0.05) is 26.0 Å². The molecule has 0 aliphatic heterocycles. The highest BCUT2D eigenvalue weighted by atomic mass is 19.1. The molecule has 1 aromatic carbocycles. The molecule has 0 fully saturated rings. The minimum absolute atomic E-state index is 0.0106. The summed E-state index contributed by atoms with van der Waals surface area (Å²) in [4.78, 5) is 12.3. The number of Topliss-reactive ketones (excluding diaryl/α,β-unsaturated/α-hetero) is 1. The summed E-state index contributed by atoms with van der Waals surface area (Å²) in [6, 6.07) is 4.79. The molecule has 1 rings (SSSR count). The molecule has 0 aliphatic rings. The normalized spacial score (nSPS) is 12.4. The van der Waals surface area contributed by atoms with Gasteiger partial charge in [-0.05, 0) is 25.5 Å². The van der Waals surface area contributed by atoms with Gasteiger partial charge in [0.05, 0.1) is 7.11 Å².